The lowest BCUT2D eigenvalue weighted by molar-refractivity contribution is -0.385. The predicted molar refractivity (Wildman–Crippen MR) is 77.4 cm³/mol. The summed E-state index contributed by atoms with van der Waals surface area (Å²) in [6.07, 6.45) is 5.05. The van der Waals surface area contributed by atoms with E-state index in [2.05, 4.69) is 12.2 Å². The van der Waals surface area contributed by atoms with E-state index in [1.807, 2.05) is 6.07 Å². The van der Waals surface area contributed by atoms with Gasteiger partial charge in [0.1, 0.15) is 11.6 Å². The minimum Gasteiger partial charge on any atom is -0.385 e. The minimum atomic E-state index is -0.507. The van der Waals surface area contributed by atoms with Gasteiger partial charge in [0.15, 0.2) is 0 Å². The molecule has 5 nitrogen and oxygen atoms in total. The molecule has 1 aromatic carbocycles. The van der Waals surface area contributed by atoms with Gasteiger partial charge < -0.3 is 5.32 Å². The Labute approximate surface area is 118 Å². The van der Waals surface area contributed by atoms with Gasteiger partial charge in [0.25, 0.3) is 5.69 Å². The van der Waals surface area contributed by atoms with Crippen molar-refractivity contribution in [2.24, 2.45) is 11.8 Å². The molecule has 0 radical (unpaired) electrons. The van der Waals surface area contributed by atoms with Gasteiger partial charge in [-0.3, -0.25) is 10.1 Å². The fraction of sp³-hybridized carbons (Fsp3) is 0.533. The number of rotatable bonds is 4. The summed E-state index contributed by atoms with van der Waals surface area (Å²) < 4.78 is 0. The Morgan fingerprint density at radius 2 is 2.20 bits per heavy atom. The van der Waals surface area contributed by atoms with Crippen molar-refractivity contribution in [1.82, 2.24) is 0 Å². The van der Waals surface area contributed by atoms with Crippen LogP contribution in [0.2, 0.25) is 0 Å². The van der Waals surface area contributed by atoms with Gasteiger partial charge in [0.2, 0.25) is 0 Å². The highest BCUT2D eigenvalue weighted by Gasteiger charge is 2.21. The number of benzene rings is 1. The van der Waals surface area contributed by atoms with E-state index >= 15 is 0 Å². The fourth-order valence-corrected chi connectivity index (χ4v) is 2.83. The van der Waals surface area contributed by atoms with Crippen LogP contribution in [0.25, 0.3) is 0 Å². The first-order valence-corrected chi connectivity index (χ1v) is 7.04. The highest BCUT2D eigenvalue weighted by molar-refractivity contribution is 5.59. The Balaban J connectivity index is 2.05. The molecule has 5 heteroatoms. The van der Waals surface area contributed by atoms with Gasteiger partial charge in [-0.1, -0.05) is 26.2 Å². The van der Waals surface area contributed by atoms with Gasteiger partial charge in [0.05, 0.1) is 4.92 Å². The lowest BCUT2D eigenvalue weighted by Crippen LogP contribution is -2.24. The standard InChI is InChI=1S/C15H19N3O2/c1-11-4-2-3-5-13(11)10-17-14-7-6-12(9-16)15(8-14)18(19)20/h6-8,11,13,17H,2-5,10H2,1H3. The van der Waals surface area contributed by atoms with Gasteiger partial charge in [-0.15, -0.1) is 0 Å². The maximum absolute atomic E-state index is 10.9. The fourth-order valence-electron chi connectivity index (χ4n) is 2.83. The van der Waals surface area contributed by atoms with Crippen molar-refractivity contribution in [3.63, 3.8) is 0 Å². The second-order valence-corrected chi connectivity index (χ2v) is 5.50. The molecule has 1 fully saturated rings. The van der Waals surface area contributed by atoms with Crippen molar-refractivity contribution < 1.29 is 4.92 Å². The summed E-state index contributed by atoms with van der Waals surface area (Å²) in [5.41, 5.74) is 0.689. The molecule has 106 valence electrons. The molecule has 1 saturated carbocycles. The molecule has 1 aliphatic rings. The van der Waals surface area contributed by atoms with E-state index in [0.717, 1.165) is 6.54 Å². The van der Waals surface area contributed by atoms with Crippen LogP contribution in [-0.4, -0.2) is 11.5 Å². The van der Waals surface area contributed by atoms with Gasteiger partial charge >= 0.3 is 0 Å². The highest BCUT2D eigenvalue weighted by Crippen LogP contribution is 2.30. The molecule has 0 heterocycles. The van der Waals surface area contributed by atoms with Crippen LogP contribution in [-0.2, 0) is 0 Å². The van der Waals surface area contributed by atoms with E-state index in [9.17, 15) is 10.1 Å². The summed E-state index contributed by atoms with van der Waals surface area (Å²) >= 11 is 0. The zero-order valence-electron chi connectivity index (χ0n) is 11.6. The average Bonchev–Trinajstić information content (AvgIpc) is 2.46. The number of nitrogens with zero attached hydrogens (tertiary/aromatic N) is 2. The van der Waals surface area contributed by atoms with Crippen LogP contribution in [0.3, 0.4) is 0 Å². The van der Waals surface area contributed by atoms with Crippen molar-refractivity contribution in [2.45, 2.75) is 32.6 Å². The molecule has 0 aliphatic heterocycles. The largest absolute Gasteiger partial charge is 0.385 e. The lowest BCUT2D eigenvalue weighted by atomic mass is 9.80. The number of nitro benzene ring substituents is 1. The van der Waals surface area contributed by atoms with Crippen molar-refractivity contribution in [3.05, 3.63) is 33.9 Å². The van der Waals surface area contributed by atoms with Crippen LogP contribution in [0.1, 0.15) is 38.2 Å². The first kappa shape index (κ1) is 14.3. The maximum Gasteiger partial charge on any atom is 0.289 e. The Bertz CT molecular complexity index is 536. The third kappa shape index (κ3) is 3.27. The number of nitriles is 1. The lowest BCUT2D eigenvalue weighted by Gasteiger charge is -2.29. The molecule has 0 saturated heterocycles. The monoisotopic (exact) mass is 273 g/mol. The van der Waals surface area contributed by atoms with Crippen molar-refractivity contribution >= 4 is 11.4 Å². The maximum atomic E-state index is 10.9. The molecule has 2 atom stereocenters. The van der Waals surface area contributed by atoms with E-state index in [1.165, 1.54) is 37.8 Å². The molecule has 0 amide bonds. The Morgan fingerprint density at radius 3 is 2.85 bits per heavy atom. The number of hydrogen-bond donors (Lipinski definition) is 1. The van der Waals surface area contributed by atoms with Crippen LogP contribution in [0.5, 0.6) is 0 Å². The van der Waals surface area contributed by atoms with E-state index < -0.39 is 4.92 Å². The van der Waals surface area contributed by atoms with Crippen LogP contribution < -0.4 is 5.32 Å². The summed E-state index contributed by atoms with van der Waals surface area (Å²) in [5, 5.41) is 23.0. The number of nitro groups is 1. The van der Waals surface area contributed by atoms with Gasteiger partial charge in [0, 0.05) is 18.3 Å². The molecular weight excluding hydrogens is 254 g/mol. The van der Waals surface area contributed by atoms with Crippen molar-refractivity contribution in [3.8, 4) is 6.07 Å². The second kappa shape index (κ2) is 6.38. The smallest absolute Gasteiger partial charge is 0.289 e. The number of anilines is 1. The Kier molecular flexibility index (Phi) is 4.57. The first-order valence-electron chi connectivity index (χ1n) is 7.04. The summed E-state index contributed by atoms with van der Waals surface area (Å²) in [4.78, 5) is 10.4. The average molecular weight is 273 g/mol. The Hall–Kier alpha value is -2.09. The van der Waals surface area contributed by atoms with E-state index in [4.69, 9.17) is 5.26 Å². The van der Waals surface area contributed by atoms with Gasteiger partial charge in [-0.2, -0.15) is 5.26 Å². The third-order valence-corrected chi connectivity index (χ3v) is 4.17. The normalized spacial score (nSPS) is 22.0. The summed E-state index contributed by atoms with van der Waals surface area (Å²) in [6, 6.07) is 6.54. The molecule has 1 N–H and O–H groups in total. The van der Waals surface area contributed by atoms with Gasteiger partial charge in [-0.05, 0) is 30.4 Å². The number of nitrogens with one attached hydrogen (secondary N) is 1. The quantitative estimate of drug-likeness (QED) is 0.670. The molecular formula is C15H19N3O2. The van der Waals surface area contributed by atoms with E-state index in [-0.39, 0.29) is 11.3 Å². The molecule has 1 aliphatic carbocycles. The van der Waals surface area contributed by atoms with Crippen LogP contribution in [0.15, 0.2) is 18.2 Å². The van der Waals surface area contributed by atoms with Crippen LogP contribution in [0.4, 0.5) is 11.4 Å². The van der Waals surface area contributed by atoms with E-state index in [0.29, 0.717) is 17.5 Å². The first-order chi connectivity index (χ1) is 9.61. The second-order valence-electron chi connectivity index (χ2n) is 5.50. The van der Waals surface area contributed by atoms with Crippen molar-refractivity contribution in [2.75, 3.05) is 11.9 Å². The summed E-state index contributed by atoms with van der Waals surface area (Å²) in [6.45, 7) is 3.11. The van der Waals surface area contributed by atoms with Crippen LogP contribution >= 0.6 is 0 Å². The van der Waals surface area contributed by atoms with Gasteiger partial charge in [-0.25, -0.2) is 0 Å². The summed E-state index contributed by atoms with van der Waals surface area (Å²) in [7, 11) is 0. The van der Waals surface area contributed by atoms with Crippen molar-refractivity contribution in [1.29, 1.82) is 5.26 Å². The zero-order chi connectivity index (χ0) is 14.5. The molecule has 0 aromatic heterocycles. The molecule has 0 bridgehead atoms. The third-order valence-electron chi connectivity index (χ3n) is 4.17. The Morgan fingerprint density at radius 1 is 1.45 bits per heavy atom. The molecule has 2 unspecified atom stereocenters. The van der Waals surface area contributed by atoms with Crippen LogP contribution in [0, 0.1) is 33.3 Å². The predicted octanol–water partition coefficient (Wildman–Crippen LogP) is 3.70. The van der Waals surface area contributed by atoms with E-state index in [1.54, 1.807) is 6.07 Å². The topological polar surface area (TPSA) is 79.0 Å². The molecule has 2 rings (SSSR count). The summed E-state index contributed by atoms with van der Waals surface area (Å²) in [5.74, 6) is 1.32. The minimum absolute atomic E-state index is 0.103. The zero-order valence-corrected chi connectivity index (χ0v) is 11.6. The molecule has 1 aromatic rings. The molecule has 20 heavy (non-hydrogen) atoms. The molecule has 0 spiro atoms. The number of hydrogen-bond acceptors (Lipinski definition) is 4. The highest BCUT2D eigenvalue weighted by atomic mass is 16.6. The SMILES string of the molecule is CC1CCCCC1CNc1ccc(C#N)c([N+](=O)[O-])c1.